The number of carbonyl (C=O) groups excluding carboxylic acids is 1. The van der Waals surface area contributed by atoms with Crippen molar-refractivity contribution in [1.29, 1.82) is 0 Å². The molecule has 0 N–H and O–H groups in total. The highest BCUT2D eigenvalue weighted by molar-refractivity contribution is 5.79. The molecule has 20 heavy (non-hydrogen) atoms. The molecule has 1 aromatic heterocycles. The maximum absolute atomic E-state index is 12.2. The quantitative estimate of drug-likeness (QED) is 0.803. The van der Waals surface area contributed by atoms with E-state index in [1.807, 2.05) is 18.2 Å². The van der Waals surface area contributed by atoms with Crippen molar-refractivity contribution in [3.8, 4) is 0 Å². The van der Waals surface area contributed by atoms with Gasteiger partial charge in [-0.3, -0.25) is 4.79 Å². The second-order valence-corrected chi connectivity index (χ2v) is 4.98. The summed E-state index contributed by atoms with van der Waals surface area (Å²) in [5, 5.41) is 3.71. The first-order valence-corrected chi connectivity index (χ1v) is 6.77. The molecular weight excluding hydrogens is 256 g/mol. The second kappa shape index (κ2) is 5.45. The van der Waals surface area contributed by atoms with E-state index < -0.39 is 0 Å². The number of rotatable bonds is 3. The van der Waals surface area contributed by atoms with Gasteiger partial charge in [-0.1, -0.05) is 29.4 Å². The van der Waals surface area contributed by atoms with E-state index in [0.717, 1.165) is 24.8 Å². The van der Waals surface area contributed by atoms with Crippen molar-refractivity contribution >= 4 is 5.97 Å². The maximum atomic E-state index is 12.2. The van der Waals surface area contributed by atoms with Gasteiger partial charge < -0.3 is 9.26 Å². The Morgan fingerprint density at radius 3 is 3.10 bits per heavy atom. The molecule has 0 fully saturated rings. The molecule has 0 saturated heterocycles. The Morgan fingerprint density at radius 2 is 2.30 bits per heavy atom. The molecule has 1 aliphatic rings. The van der Waals surface area contributed by atoms with Crippen LogP contribution in [0.3, 0.4) is 0 Å². The van der Waals surface area contributed by atoms with Crippen molar-refractivity contribution < 1.29 is 14.1 Å². The Morgan fingerprint density at radius 1 is 1.45 bits per heavy atom. The van der Waals surface area contributed by atoms with Gasteiger partial charge in [-0.05, 0) is 30.4 Å². The smallest absolute Gasteiger partial charge is 0.313 e. The topological polar surface area (TPSA) is 65.2 Å². The number of nitrogens with zero attached hydrogens (tertiary/aromatic N) is 2. The summed E-state index contributed by atoms with van der Waals surface area (Å²) < 4.78 is 10.2. The predicted octanol–water partition coefficient (Wildman–Crippen LogP) is 2.54. The normalized spacial score (nSPS) is 17.6. The van der Waals surface area contributed by atoms with Crippen LogP contribution in [-0.4, -0.2) is 16.1 Å². The van der Waals surface area contributed by atoms with Crippen LogP contribution in [0.15, 0.2) is 28.8 Å². The summed E-state index contributed by atoms with van der Waals surface area (Å²) in [6, 6.07) is 8.07. The van der Waals surface area contributed by atoms with E-state index in [9.17, 15) is 4.79 Å². The molecular formula is C15H16N2O3. The van der Waals surface area contributed by atoms with Crippen LogP contribution in [0.5, 0.6) is 0 Å². The van der Waals surface area contributed by atoms with Crippen LogP contribution >= 0.6 is 0 Å². The van der Waals surface area contributed by atoms with Crippen molar-refractivity contribution in [3.63, 3.8) is 0 Å². The molecule has 0 radical (unpaired) electrons. The minimum atomic E-state index is -0.209. The lowest BCUT2D eigenvalue weighted by Gasteiger charge is -2.23. The summed E-state index contributed by atoms with van der Waals surface area (Å²) in [6.45, 7) is 1.77. The summed E-state index contributed by atoms with van der Waals surface area (Å²) in [5.74, 6) is 0.492. The number of benzene rings is 1. The zero-order chi connectivity index (χ0) is 13.9. The first-order chi connectivity index (χ1) is 9.74. The van der Waals surface area contributed by atoms with Crippen LogP contribution in [0.4, 0.5) is 0 Å². The Kier molecular flexibility index (Phi) is 3.50. The van der Waals surface area contributed by atoms with Gasteiger partial charge in [0.05, 0.1) is 5.92 Å². The van der Waals surface area contributed by atoms with Gasteiger partial charge in [0, 0.05) is 6.92 Å². The van der Waals surface area contributed by atoms with Gasteiger partial charge in [0.25, 0.3) is 0 Å². The molecule has 3 rings (SSSR count). The van der Waals surface area contributed by atoms with Gasteiger partial charge in [-0.15, -0.1) is 0 Å². The van der Waals surface area contributed by atoms with E-state index in [-0.39, 0.29) is 18.5 Å². The van der Waals surface area contributed by atoms with Crippen LogP contribution in [0.1, 0.15) is 41.6 Å². The zero-order valence-electron chi connectivity index (χ0n) is 11.3. The molecule has 1 aliphatic carbocycles. The molecule has 0 amide bonds. The number of hydrogen-bond donors (Lipinski definition) is 0. The highest BCUT2D eigenvalue weighted by Gasteiger charge is 2.27. The number of aryl methyl sites for hydroxylation is 2. The van der Waals surface area contributed by atoms with E-state index in [4.69, 9.17) is 9.26 Å². The van der Waals surface area contributed by atoms with Gasteiger partial charge in [-0.25, -0.2) is 0 Å². The van der Waals surface area contributed by atoms with Gasteiger partial charge in [0.15, 0.2) is 6.61 Å². The average molecular weight is 272 g/mol. The number of carbonyl (C=O) groups is 1. The van der Waals surface area contributed by atoms with Crippen molar-refractivity contribution in [2.75, 3.05) is 0 Å². The Balaban J connectivity index is 1.69. The van der Waals surface area contributed by atoms with Crippen LogP contribution in [-0.2, 0) is 22.6 Å². The zero-order valence-corrected chi connectivity index (χ0v) is 11.3. The molecule has 104 valence electrons. The molecule has 1 unspecified atom stereocenters. The highest BCUT2D eigenvalue weighted by Crippen LogP contribution is 2.32. The SMILES string of the molecule is Cc1nc(COC(=O)C2CCCc3ccccc32)no1. The second-order valence-electron chi connectivity index (χ2n) is 4.98. The first kappa shape index (κ1) is 12.8. The molecule has 5 nitrogen and oxygen atoms in total. The molecule has 0 bridgehead atoms. The van der Waals surface area contributed by atoms with Gasteiger partial charge in [0.1, 0.15) is 0 Å². The molecule has 5 heteroatoms. The summed E-state index contributed by atoms with van der Waals surface area (Å²) in [6.07, 6.45) is 2.88. The summed E-state index contributed by atoms with van der Waals surface area (Å²) in [4.78, 5) is 16.2. The third kappa shape index (κ3) is 2.57. The Hall–Kier alpha value is -2.17. The number of hydrogen-bond acceptors (Lipinski definition) is 5. The minimum absolute atomic E-state index is 0.0643. The van der Waals surface area contributed by atoms with Gasteiger partial charge in [-0.2, -0.15) is 4.98 Å². The average Bonchev–Trinajstić information content (AvgIpc) is 2.90. The molecule has 1 heterocycles. The van der Waals surface area contributed by atoms with Crippen molar-refractivity contribution in [2.45, 2.75) is 38.7 Å². The summed E-state index contributed by atoms with van der Waals surface area (Å²) in [5.41, 5.74) is 2.34. The van der Waals surface area contributed by atoms with Crippen molar-refractivity contribution in [1.82, 2.24) is 10.1 Å². The van der Waals surface area contributed by atoms with E-state index in [1.54, 1.807) is 6.92 Å². The van der Waals surface area contributed by atoms with E-state index in [1.165, 1.54) is 5.56 Å². The maximum Gasteiger partial charge on any atom is 0.313 e. The molecule has 1 atom stereocenters. The standard InChI is InChI=1S/C15H16N2O3/c1-10-16-14(17-20-10)9-19-15(18)13-8-4-6-11-5-2-3-7-12(11)13/h2-3,5,7,13H,4,6,8-9H2,1H3. The molecule has 0 aliphatic heterocycles. The number of aromatic nitrogens is 2. The monoisotopic (exact) mass is 272 g/mol. The highest BCUT2D eigenvalue weighted by atomic mass is 16.5. The van der Waals surface area contributed by atoms with Gasteiger partial charge >= 0.3 is 5.97 Å². The molecule has 2 aromatic rings. The van der Waals surface area contributed by atoms with Crippen LogP contribution in [0, 0.1) is 6.92 Å². The van der Waals surface area contributed by atoms with Gasteiger partial charge in [0.2, 0.25) is 11.7 Å². The molecule has 0 spiro atoms. The van der Waals surface area contributed by atoms with E-state index in [0.29, 0.717) is 11.7 Å². The Labute approximate surface area is 116 Å². The summed E-state index contributed by atoms with van der Waals surface area (Å²) >= 11 is 0. The van der Waals surface area contributed by atoms with Crippen molar-refractivity contribution in [2.24, 2.45) is 0 Å². The lowest BCUT2D eigenvalue weighted by molar-refractivity contribution is -0.147. The fraction of sp³-hybridized carbons (Fsp3) is 0.400. The minimum Gasteiger partial charge on any atom is -0.457 e. The first-order valence-electron chi connectivity index (χ1n) is 6.77. The van der Waals surface area contributed by atoms with Crippen LogP contribution in [0.25, 0.3) is 0 Å². The van der Waals surface area contributed by atoms with Crippen LogP contribution < -0.4 is 0 Å². The Bertz CT molecular complexity index is 621. The lowest BCUT2D eigenvalue weighted by Crippen LogP contribution is -2.20. The van der Waals surface area contributed by atoms with Crippen molar-refractivity contribution in [3.05, 3.63) is 47.1 Å². The molecule has 1 aromatic carbocycles. The fourth-order valence-corrected chi connectivity index (χ4v) is 2.63. The summed E-state index contributed by atoms with van der Waals surface area (Å²) in [7, 11) is 0. The van der Waals surface area contributed by atoms with Crippen LogP contribution in [0.2, 0.25) is 0 Å². The van der Waals surface area contributed by atoms with E-state index >= 15 is 0 Å². The third-order valence-electron chi connectivity index (χ3n) is 3.57. The predicted molar refractivity (Wildman–Crippen MR) is 71.0 cm³/mol. The number of fused-ring (bicyclic) bond motifs is 1. The molecule has 0 saturated carbocycles. The number of ether oxygens (including phenoxy) is 1. The fourth-order valence-electron chi connectivity index (χ4n) is 2.63. The lowest BCUT2D eigenvalue weighted by atomic mass is 9.83. The third-order valence-corrected chi connectivity index (χ3v) is 3.57. The largest absolute Gasteiger partial charge is 0.457 e. The van der Waals surface area contributed by atoms with E-state index in [2.05, 4.69) is 16.2 Å². The number of esters is 1.